The lowest BCUT2D eigenvalue weighted by Gasteiger charge is -2.18. The molecule has 2 aliphatic rings. The zero-order valence-electron chi connectivity index (χ0n) is 15.7. The molecular formula is C16H22N6O5S. The SMILES string of the molecule is CN(C)c1cccc(Oc2nnnn2[C@H]2CO[C@H]3[C@@H]2OC[C@@H]3NS(C)(=O)=O)c1. The van der Waals surface area contributed by atoms with Crippen molar-refractivity contribution in [3.8, 4) is 11.8 Å². The largest absolute Gasteiger partial charge is 0.423 e. The molecular weight excluding hydrogens is 388 g/mol. The summed E-state index contributed by atoms with van der Waals surface area (Å²) in [6, 6.07) is 7.00. The number of nitrogens with zero attached hydrogens (tertiary/aromatic N) is 5. The van der Waals surface area contributed by atoms with E-state index in [4.69, 9.17) is 14.2 Å². The van der Waals surface area contributed by atoms with E-state index in [-0.39, 0.29) is 31.4 Å². The molecule has 0 saturated carbocycles. The Hall–Kier alpha value is -2.28. The third-order valence-electron chi connectivity index (χ3n) is 4.71. The smallest absolute Gasteiger partial charge is 0.341 e. The van der Waals surface area contributed by atoms with Gasteiger partial charge in [0.15, 0.2) is 0 Å². The molecule has 2 fully saturated rings. The number of tetrazole rings is 1. The van der Waals surface area contributed by atoms with E-state index in [1.54, 1.807) is 0 Å². The summed E-state index contributed by atoms with van der Waals surface area (Å²) in [4.78, 5) is 1.96. The van der Waals surface area contributed by atoms with Crippen LogP contribution in [0.4, 0.5) is 5.69 Å². The van der Waals surface area contributed by atoms with E-state index in [1.165, 1.54) is 4.68 Å². The highest BCUT2D eigenvalue weighted by Crippen LogP contribution is 2.36. The Balaban J connectivity index is 1.52. The van der Waals surface area contributed by atoms with E-state index in [1.807, 2.05) is 43.3 Å². The van der Waals surface area contributed by atoms with E-state index in [0.717, 1.165) is 11.9 Å². The lowest BCUT2D eigenvalue weighted by molar-refractivity contribution is 0.0615. The maximum atomic E-state index is 11.5. The second-order valence-electron chi connectivity index (χ2n) is 7.06. The molecule has 1 N–H and O–H groups in total. The molecule has 0 unspecified atom stereocenters. The molecule has 4 rings (SSSR count). The first-order valence-corrected chi connectivity index (χ1v) is 10.6. The number of aromatic nitrogens is 4. The first kappa shape index (κ1) is 19.1. The number of fused-ring (bicyclic) bond motifs is 1. The van der Waals surface area contributed by atoms with Crippen LogP contribution in [0, 0.1) is 0 Å². The number of benzene rings is 1. The number of anilines is 1. The molecule has 4 atom stereocenters. The van der Waals surface area contributed by atoms with Crippen molar-refractivity contribution in [1.82, 2.24) is 24.9 Å². The summed E-state index contributed by atoms with van der Waals surface area (Å²) in [5.41, 5.74) is 0.981. The van der Waals surface area contributed by atoms with E-state index < -0.39 is 22.2 Å². The van der Waals surface area contributed by atoms with Gasteiger partial charge in [0.2, 0.25) is 10.0 Å². The number of sulfonamides is 1. The van der Waals surface area contributed by atoms with Crippen LogP contribution in [0.15, 0.2) is 24.3 Å². The van der Waals surface area contributed by atoms with Gasteiger partial charge in [-0.15, -0.1) is 0 Å². The molecule has 11 nitrogen and oxygen atoms in total. The fraction of sp³-hybridized carbons (Fsp3) is 0.562. The van der Waals surface area contributed by atoms with Gasteiger partial charge in [-0.05, 0) is 22.6 Å². The van der Waals surface area contributed by atoms with Crippen molar-refractivity contribution in [2.24, 2.45) is 0 Å². The molecule has 0 amide bonds. The van der Waals surface area contributed by atoms with Gasteiger partial charge in [-0.1, -0.05) is 11.2 Å². The van der Waals surface area contributed by atoms with Crippen LogP contribution in [-0.2, 0) is 19.5 Å². The molecule has 0 bridgehead atoms. The van der Waals surface area contributed by atoms with Crippen LogP contribution in [0.25, 0.3) is 0 Å². The quantitative estimate of drug-likeness (QED) is 0.689. The summed E-state index contributed by atoms with van der Waals surface area (Å²) in [6.07, 6.45) is 0.328. The number of hydrogen-bond donors (Lipinski definition) is 1. The van der Waals surface area contributed by atoms with E-state index >= 15 is 0 Å². The zero-order valence-corrected chi connectivity index (χ0v) is 16.5. The Morgan fingerprint density at radius 1 is 1.25 bits per heavy atom. The van der Waals surface area contributed by atoms with Gasteiger partial charge in [-0.3, -0.25) is 0 Å². The van der Waals surface area contributed by atoms with Gasteiger partial charge in [0, 0.05) is 25.8 Å². The average molecular weight is 410 g/mol. The summed E-state index contributed by atoms with van der Waals surface area (Å²) < 4.78 is 44.6. The van der Waals surface area contributed by atoms with Crippen molar-refractivity contribution in [2.75, 3.05) is 38.5 Å². The van der Waals surface area contributed by atoms with Crippen LogP contribution in [-0.4, -0.2) is 80.4 Å². The van der Waals surface area contributed by atoms with Crippen LogP contribution in [0.2, 0.25) is 0 Å². The maximum Gasteiger partial charge on any atom is 0.341 e. The van der Waals surface area contributed by atoms with Crippen molar-refractivity contribution in [3.63, 3.8) is 0 Å². The normalized spacial score (nSPS) is 27.0. The van der Waals surface area contributed by atoms with Crippen molar-refractivity contribution in [2.45, 2.75) is 24.3 Å². The van der Waals surface area contributed by atoms with E-state index in [9.17, 15) is 8.42 Å². The minimum Gasteiger partial charge on any atom is -0.423 e. The number of rotatable bonds is 6. The number of nitrogens with one attached hydrogen (secondary N) is 1. The van der Waals surface area contributed by atoms with E-state index in [0.29, 0.717) is 5.75 Å². The first-order chi connectivity index (χ1) is 13.3. The van der Waals surface area contributed by atoms with Gasteiger partial charge in [0.25, 0.3) is 0 Å². The fourth-order valence-corrected chi connectivity index (χ4v) is 4.21. The van der Waals surface area contributed by atoms with Crippen LogP contribution in [0.3, 0.4) is 0 Å². The molecule has 0 radical (unpaired) electrons. The third kappa shape index (κ3) is 3.81. The van der Waals surface area contributed by atoms with Crippen molar-refractivity contribution in [1.29, 1.82) is 0 Å². The van der Waals surface area contributed by atoms with Gasteiger partial charge >= 0.3 is 6.01 Å². The maximum absolute atomic E-state index is 11.5. The van der Waals surface area contributed by atoms with Crippen molar-refractivity contribution >= 4 is 15.7 Å². The lowest BCUT2D eigenvalue weighted by Crippen LogP contribution is -2.43. The fourth-order valence-electron chi connectivity index (χ4n) is 3.46. The molecule has 2 saturated heterocycles. The Morgan fingerprint density at radius 3 is 2.79 bits per heavy atom. The summed E-state index contributed by atoms with van der Waals surface area (Å²) >= 11 is 0. The van der Waals surface area contributed by atoms with Gasteiger partial charge in [0.05, 0.1) is 25.5 Å². The molecule has 2 aliphatic heterocycles. The van der Waals surface area contributed by atoms with Crippen molar-refractivity contribution < 1.29 is 22.6 Å². The van der Waals surface area contributed by atoms with Crippen LogP contribution in [0.5, 0.6) is 11.8 Å². The molecule has 1 aromatic carbocycles. The molecule has 2 aromatic rings. The molecule has 3 heterocycles. The van der Waals surface area contributed by atoms with Gasteiger partial charge in [-0.2, -0.15) is 4.68 Å². The standard InChI is InChI=1S/C16H22N6O5S/c1-21(2)10-5-4-6-11(7-10)27-16-17-19-20-22(16)13-9-26-14-12(8-25-15(13)14)18-28(3,23)24/h4-7,12-15,18H,8-9H2,1-3H3/t12-,13-,14+,15+/m0/s1. The Kier molecular flexibility index (Phi) is 4.95. The molecule has 1 aromatic heterocycles. The highest BCUT2D eigenvalue weighted by atomic mass is 32.2. The molecule has 0 aliphatic carbocycles. The van der Waals surface area contributed by atoms with Crippen LogP contribution >= 0.6 is 0 Å². The number of hydrogen-bond acceptors (Lipinski definition) is 9. The Bertz CT molecular complexity index is 949. The minimum absolute atomic E-state index is 0.216. The third-order valence-corrected chi connectivity index (χ3v) is 5.44. The van der Waals surface area contributed by atoms with Crippen molar-refractivity contribution in [3.05, 3.63) is 24.3 Å². The van der Waals surface area contributed by atoms with Crippen LogP contribution in [0.1, 0.15) is 6.04 Å². The summed E-state index contributed by atoms with van der Waals surface area (Å²) in [5.74, 6) is 0.599. The van der Waals surface area contributed by atoms with Gasteiger partial charge in [0.1, 0.15) is 24.0 Å². The summed E-state index contributed by atoms with van der Waals surface area (Å²) in [5, 5.41) is 11.7. The van der Waals surface area contributed by atoms with Gasteiger partial charge < -0.3 is 19.1 Å². The monoisotopic (exact) mass is 410 g/mol. The average Bonchev–Trinajstić information content (AvgIpc) is 3.32. The predicted molar refractivity (Wildman–Crippen MR) is 98.9 cm³/mol. The van der Waals surface area contributed by atoms with E-state index in [2.05, 4.69) is 20.2 Å². The highest BCUT2D eigenvalue weighted by Gasteiger charge is 2.50. The second-order valence-corrected chi connectivity index (χ2v) is 8.84. The lowest BCUT2D eigenvalue weighted by atomic mass is 10.1. The first-order valence-electron chi connectivity index (χ1n) is 8.75. The second kappa shape index (κ2) is 7.28. The predicted octanol–water partition coefficient (Wildman–Crippen LogP) is -0.212. The molecule has 28 heavy (non-hydrogen) atoms. The molecule has 0 spiro atoms. The molecule has 12 heteroatoms. The van der Waals surface area contributed by atoms with Gasteiger partial charge in [-0.25, -0.2) is 13.1 Å². The summed E-state index contributed by atoms with van der Waals surface area (Å²) in [6.45, 7) is 0.512. The number of ether oxygens (including phenoxy) is 3. The topological polar surface area (TPSA) is 121 Å². The minimum atomic E-state index is -3.36. The Morgan fingerprint density at radius 2 is 2.04 bits per heavy atom. The van der Waals surface area contributed by atoms with Crippen LogP contribution < -0.4 is 14.4 Å². The zero-order chi connectivity index (χ0) is 19.9. The highest BCUT2D eigenvalue weighted by molar-refractivity contribution is 7.88. The summed E-state index contributed by atoms with van der Waals surface area (Å²) in [7, 11) is 0.521. The Labute approximate surface area is 162 Å². The molecule has 152 valence electrons.